The van der Waals surface area contributed by atoms with Gasteiger partial charge in [-0.05, 0) is 56.5 Å². The number of amides is 1. The lowest BCUT2D eigenvalue weighted by molar-refractivity contribution is -0.120. The van der Waals surface area contributed by atoms with Crippen LogP contribution in [0.3, 0.4) is 0 Å². The maximum Gasteiger partial charge on any atom is 0.237 e. The maximum absolute atomic E-state index is 13.0. The van der Waals surface area contributed by atoms with E-state index in [1.165, 1.54) is 12.4 Å². The Kier molecular flexibility index (Phi) is 5.82. The summed E-state index contributed by atoms with van der Waals surface area (Å²) in [5, 5.41) is 11.5. The number of sulfonamides is 1. The van der Waals surface area contributed by atoms with E-state index < -0.39 is 20.7 Å². The van der Waals surface area contributed by atoms with Crippen molar-refractivity contribution < 1.29 is 13.2 Å². The Hall–Kier alpha value is -3.84. The molecule has 0 unspecified atom stereocenters. The molecule has 1 aliphatic rings. The molecule has 1 fully saturated rings. The number of nitrogens with one attached hydrogen (secondary N) is 2. The number of rotatable bonds is 7. The van der Waals surface area contributed by atoms with Gasteiger partial charge in [-0.3, -0.25) is 14.5 Å². The van der Waals surface area contributed by atoms with Crippen molar-refractivity contribution in [3.63, 3.8) is 0 Å². The van der Waals surface area contributed by atoms with Crippen LogP contribution in [-0.2, 0) is 20.2 Å². The third-order valence-corrected chi connectivity index (χ3v) is 7.22. The van der Waals surface area contributed by atoms with E-state index >= 15 is 0 Å². The van der Waals surface area contributed by atoms with E-state index in [0.29, 0.717) is 29.8 Å². The summed E-state index contributed by atoms with van der Waals surface area (Å²) >= 11 is 0. The van der Waals surface area contributed by atoms with E-state index in [0.717, 1.165) is 11.1 Å². The zero-order valence-electron chi connectivity index (χ0n) is 18.1. The van der Waals surface area contributed by atoms with Crippen LogP contribution in [0, 0.1) is 11.3 Å². The van der Waals surface area contributed by atoms with Crippen molar-refractivity contribution in [3.8, 4) is 17.2 Å². The molecule has 0 atom stereocenters. The van der Waals surface area contributed by atoms with Crippen molar-refractivity contribution in [2.24, 2.45) is 0 Å². The molecule has 1 saturated carbocycles. The minimum absolute atomic E-state index is 0.0437. The van der Waals surface area contributed by atoms with Gasteiger partial charge >= 0.3 is 0 Å². The second kappa shape index (κ2) is 8.60. The zero-order valence-corrected chi connectivity index (χ0v) is 18.9. The van der Waals surface area contributed by atoms with Crippen molar-refractivity contribution in [1.29, 1.82) is 5.26 Å². The molecule has 0 spiro atoms. The van der Waals surface area contributed by atoms with E-state index in [1.807, 2.05) is 12.1 Å². The normalized spacial score (nSPS) is 13.7. The third kappa shape index (κ3) is 4.99. The van der Waals surface area contributed by atoms with Crippen LogP contribution in [0.2, 0.25) is 0 Å². The van der Waals surface area contributed by atoms with Gasteiger partial charge in [0.25, 0.3) is 0 Å². The van der Waals surface area contributed by atoms with Gasteiger partial charge in [0.1, 0.15) is 6.07 Å². The molecular weight excluding hydrogens is 440 g/mol. The molecule has 4 rings (SSSR count). The van der Waals surface area contributed by atoms with Gasteiger partial charge in [0, 0.05) is 29.8 Å². The number of hydrogen-bond donors (Lipinski definition) is 2. The molecule has 0 saturated heterocycles. The second-order valence-electron chi connectivity index (χ2n) is 8.34. The Labute approximate surface area is 192 Å². The molecular formula is C23H22N6O3S. The molecule has 2 N–H and O–H groups in total. The fraction of sp³-hybridized carbons (Fsp3) is 0.261. The van der Waals surface area contributed by atoms with E-state index in [1.54, 1.807) is 44.3 Å². The van der Waals surface area contributed by atoms with Crippen molar-refractivity contribution in [2.75, 3.05) is 10.0 Å². The quantitative estimate of drug-likeness (QED) is 0.550. The molecule has 3 aromatic rings. The minimum atomic E-state index is -3.50. The van der Waals surface area contributed by atoms with Gasteiger partial charge in [-0.15, -0.1) is 0 Å². The van der Waals surface area contributed by atoms with Crippen molar-refractivity contribution >= 4 is 27.6 Å². The SMILES string of the molecule is CC(C)(C(=O)Nc1ccc(-c2cncc(C#N)c2)cc1)c1ccnc(NS(=O)(=O)C2CC2)n1. The number of hydrogen-bond acceptors (Lipinski definition) is 7. The Morgan fingerprint density at radius 3 is 2.52 bits per heavy atom. The van der Waals surface area contributed by atoms with Crippen LogP contribution in [0.4, 0.5) is 11.6 Å². The first-order valence-corrected chi connectivity index (χ1v) is 11.9. The van der Waals surface area contributed by atoms with Crippen molar-refractivity contribution in [3.05, 3.63) is 66.2 Å². The highest BCUT2D eigenvalue weighted by atomic mass is 32.2. The van der Waals surface area contributed by atoms with Gasteiger partial charge < -0.3 is 5.32 Å². The number of pyridine rings is 1. The van der Waals surface area contributed by atoms with E-state index in [9.17, 15) is 13.2 Å². The molecule has 1 amide bonds. The number of nitrogens with zero attached hydrogens (tertiary/aromatic N) is 4. The Morgan fingerprint density at radius 2 is 1.85 bits per heavy atom. The molecule has 0 bridgehead atoms. The van der Waals surface area contributed by atoms with Gasteiger partial charge in [0.2, 0.25) is 21.9 Å². The van der Waals surface area contributed by atoms with Gasteiger partial charge in [-0.1, -0.05) is 12.1 Å². The predicted molar refractivity (Wildman–Crippen MR) is 124 cm³/mol. The number of nitriles is 1. The largest absolute Gasteiger partial charge is 0.325 e. The zero-order chi connectivity index (χ0) is 23.6. The van der Waals surface area contributed by atoms with Gasteiger partial charge in [-0.2, -0.15) is 5.26 Å². The number of anilines is 2. The molecule has 2 heterocycles. The average Bonchev–Trinajstić information content (AvgIpc) is 3.66. The summed E-state index contributed by atoms with van der Waals surface area (Å²) in [5.74, 6) is -0.351. The standard InChI is InChI=1S/C23H22N6O3S/c1-23(2,20-9-10-26-22(28-20)29-33(31,32)19-7-8-19)21(30)27-18-5-3-16(4-6-18)17-11-15(12-24)13-25-14-17/h3-6,9-11,13-14,19H,7-8H2,1-2H3,(H,27,30)(H,26,28,29). The van der Waals surface area contributed by atoms with Crippen molar-refractivity contribution in [1.82, 2.24) is 15.0 Å². The topological polar surface area (TPSA) is 138 Å². The first-order chi connectivity index (χ1) is 15.7. The summed E-state index contributed by atoms with van der Waals surface area (Å²) < 4.78 is 26.8. The number of carbonyl (C=O) groups excluding carboxylic acids is 1. The van der Waals surface area contributed by atoms with Crippen LogP contribution < -0.4 is 10.0 Å². The van der Waals surface area contributed by atoms with Crippen LogP contribution >= 0.6 is 0 Å². The molecule has 1 aliphatic carbocycles. The van der Waals surface area contributed by atoms with Gasteiger partial charge in [0.15, 0.2) is 0 Å². The Morgan fingerprint density at radius 1 is 1.12 bits per heavy atom. The van der Waals surface area contributed by atoms with Crippen LogP contribution in [0.1, 0.15) is 37.9 Å². The number of benzene rings is 1. The van der Waals surface area contributed by atoms with Crippen LogP contribution in [-0.4, -0.2) is 34.5 Å². The monoisotopic (exact) mass is 462 g/mol. The third-order valence-electron chi connectivity index (χ3n) is 5.40. The summed E-state index contributed by atoms with van der Waals surface area (Å²) in [6, 6.07) is 12.6. The summed E-state index contributed by atoms with van der Waals surface area (Å²) in [4.78, 5) is 25.4. The highest BCUT2D eigenvalue weighted by Crippen LogP contribution is 2.30. The molecule has 10 heteroatoms. The number of aromatic nitrogens is 3. The fourth-order valence-electron chi connectivity index (χ4n) is 3.15. The Bertz CT molecular complexity index is 1340. The van der Waals surface area contributed by atoms with E-state index in [4.69, 9.17) is 5.26 Å². The summed E-state index contributed by atoms with van der Waals surface area (Å²) in [7, 11) is -3.50. The molecule has 0 radical (unpaired) electrons. The molecule has 1 aromatic carbocycles. The molecule has 2 aromatic heterocycles. The lowest BCUT2D eigenvalue weighted by Crippen LogP contribution is -2.36. The predicted octanol–water partition coefficient (Wildman–Crippen LogP) is 3.23. The van der Waals surface area contributed by atoms with Crippen molar-refractivity contribution in [2.45, 2.75) is 37.4 Å². The Balaban J connectivity index is 1.48. The smallest absolute Gasteiger partial charge is 0.237 e. The molecule has 9 nitrogen and oxygen atoms in total. The molecule has 0 aliphatic heterocycles. The van der Waals surface area contributed by atoms with Crippen LogP contribution in [0.25, 0.3) is 11.1 Å². The number of carbonyl (C=O) groups is 1. The molecule has 168 valence electrons. The average molecular weight is 463 g/mol. The van der Waals surface area contributed by atoms with Gasteiger partial charge in [-0.25, -0.2) is 18.4 Å². The van der Waals surface area contributed by atoms with E-state index in [-0.39, 0.29) is 11.9 Å². The fourth-order valence-corrected chi connectivity index (χ4v) is 4.43. The first kappa shape index (κ1) is 22.4. The van der Waals surface area contributed by atoms with Crippen LogP contribution in [0.5, 0.6) is 0 Å². The van der Waals surface area contributed by atoms with E-state index in [2.05, 4.69) is 31.1 Å². The lowest BCUT2D eigenvalue weighted by atomic mass is 9.88. The van der Waals surface area contributed by atoms with Gasteiger partial charge in [0.05, 0.1) is 21.9 Å². The summed E-state index contributed by atoms with van der Waals surface area (Å²) in [6.07, 6.45) is 5.85. The maximum atomic E-state index is 13.0. The molecule has 33 heavy (non-hydrogen) atoms. The first-order valence-electron chi connectivity index (χ1n) is 10.3. The minimum Gasteiger partial charge on any atom is -0.325 e. The second-order valence-corrected chi connectivity index (χ2v) is 10.3. The highest BCUT2D eigenvalue weighted by molar-refractivity contribution is 7.93. The highest BCUT2D eigenvalue weighted by Gasteiger charge is 2.37. The van der Waals surface area contributed by atoms with Crippen LogP contribution in [0.15, 0.2) is 55.0 Å². The lowest BCUT2D eigenvalue weighted by Gasteiger charge is -2.23. The summed E-state index contributed by atoms with van der Waals surface area (Å²) in [5.41, 5.74) is 2.06. The summed E-state index contributed by atoms with van der Waals surface area (Å²) in [6.45, 7) is 3.41.